The van der Waals surface area contributed by atoms with Crippen LogP contribution in [-0.4, -0.2) is 29.3 Å². The Morgan fingerprint density at radius 3 is 2.76 bits per heavy atom. The van der Waals surface area contributed by atoms with Crippen molar-refractivity contribution < 1.29 is 9.59 Å². The molecular weight excluding hydrogens is 216 g/mol. The van der Waals surface area contributed by atoms with Crippen molar-refractivity contribution in [2.24, 2.45) is 11.7 Å². The molecule has 0 bridgehead atoms. The van der Waals surface area contributed by atoms with Crippen molar-refractivity contribution in [1.82, 2.24) is 4.90 Å². The molecule has 1 heterocycles. The lowest BCUT2D eigenvalue weighted by Crippen LogP contribution is -2.47. The van der Waals surface area contributed by atoms with Crippen LogP contribution in [0.3, 0.4) is 0 Å². The van der Waals surface area contributed by atoms with Crippen LogP contribution >= 0.6 is 0 Å². The Kier molecular flexibility index (Phi) is 5.45. The molecule has 1 rings (SSSR count). The average Bonchev–Trinajstić information content (AvgIpc) is 2.43. The Hall–Kier alpha value is -1.06. The molecule has 1 fully saturated rings. The summed E-state index contributed by atoms with van der Waals surface area (Å²) in [7, 11) is 0. The molecule has 4 heteroatoms. The summed E-state index contributed by atoms with van der Waals surface area (Å²) in [5.74, 6) is 0.212. The third-order valence-electron chi connectivity index (χ3n) is 3.58. The second kappa shape index (κ2) is 6.62. The fourth-order valence-electron chi connectivity index (χ4n) is 2.70. The van der Waals surface area contributed by atoms with Gasteiger partial charge in [-0.3, -0.25) is 9.59 Å². The molecule has 0 aromatic rings. The summed E-state index contributed by atoms with van der Waals surface area (Å²) >= 11 is 0. The Bertz CT molecular complexity index is 279. The van der Waals surface area contributed by atoms with E-state index in [1.807, 2.05) is 6.92 Å². The molecule has 0 spiro atoms. The molecule has 2 atom stereocenters. The minimum absolute atomic E-state index is 0.103. The van der Waals surface area contributed by atoms with Crippen LogP contribution in [0.2, 0.25) is 0 Å². The zero-order valence-corrected chi connectivity index (χ0v) is 10.9. The Balaban J connectivity index is 2.68. The minimum Gasteiger partial charge on any atom is -0.368 e. The first-order valence-electron chi connectivity index (χ1n) is 6.68. The zero-order chi connectivity index (χ0) is 12.8. The van der Waals surface area contributed by atoms with E-state index in [9.17, 15) is 9.59 Å². The maximum absolute atomic E-state index is 12.1. The van der Waals surface area contributed by atoms with E-state index in [4.69, 9.17) is 5.73 Å². The molecule has 2 unspecified atom stereocenters. The van der Waals surface area contributed by atoms with E-state index in [2.05, 4.69) is 6.92 Å². The third kappa shape index (κ3) is 3.72. The summed E-state index contributed by atoms with van der Waals surface area (Å²) < 4.78 is 0. The van der Waals surface area contributed by atoms with Crippen LogP contribution in [0.5, 0.6) is 0 Å². The van der Waals surface area contributed by atoms with E-state index in [1.165, 1.54) is 0 Å². The molecule has 2 N–H and O–H groups in total. The highest BCUT2D eigenvalue weighted by Crippen LogP contribution is 2.24. The largest absolute Gasteiger partial charge is 0.368 e. The van der Waals surface area contributed by atoms with E-state index in [0.29, 0.717) is 25.3 Å². The molecule has 98 valence electrons. The predicted octanol–water partition coefficient (Wildman–Crippen LogP) is 1.68. The Morgan fingerprint density at radius 1 is 1.53 bits per heavy atom. The highest BCUT2D eigenvalue weighted by Gasteiger charge is 2.30. The van der Waals surface area contributed by atoms with Gasteiger partial charge in [-0.1, -0.05) is 26.7 Å². The number of amides is 2. The van der Waals surface area contributed by atoms with Crippen molar-refractivity contribution in [2.45, 2.75) is 58.4 Å². The second-order valence-corrected chi connectivity index (χ2v) is 4.91. The Morgan fingerprint density at radius 2 is 2.24 bits per heavy atom. The van der Waals surface area contributed by atoms with Crippen molar-refractivity contribution in [2.75, 3.05) is 6.54 Å². The lowest BCUT2D eigenvalue weighted by Gasteiger charge is -2.27. The summed E-state index contributed by atoms with van der Waals surface area (Å²) in [4.78, 5) is 25.1. The van der Waals surface area contributed by atoms with Gasteiger partial charge in [0.2, 0.25) is 11.8 Å². The number of rotatable bonds is 5. The molecule has 0 radical (unpaired) electrons. The highest BCUT2D eigenvalue weighted by molar-refractivity contribution is 5.86. The molecule has 1 saturated heterocycles. The van der Waals surface area contributed by atoms with E-state index < -0.39 is 6.04 Å². The number of carbonyl (C=O) groups is 2. The molecule has 17 heavy (non-hydrogen) atoms. The number of primary amides is 1. The van der Waals surface area contributed by atoms with Gasteiger partial charge in [-0.05, 0) is 25.2 Å². The van der Waals surface area contributed by atoms with Crippen LogP contribution < -0.4 is 5.73 Å². The first kappa shape index (κ1) is 14.0. The number of nitrogens with two attached hydrogens (primary N) is 1. The standard InChI is InChI=1S/C13H24N2O2/c1-3-6-10-7-5-8-15(12(16)9-10)11(4-2)13(14)17/h10-11H,3-9H2,1-2H3,(H2,14,17). The van der Waals surface area contributed by atoms with Gasteiger partial charge in [-0.15, -0.1) is 0 Å². The lowest BCUT2D eigenvalue weighted by molar-refractivity contribution is -0.139. The van der Waals surface area contributed by atoms with Gasteiger partial charge in [0, 0.05) is 13.0 Å². The van der Waals surface area contributed by atoms with E-state index in [0.717, 1.165) is 25.7 Å². The monoisotopic (exact) mass is 240 g/mol. The van der Waals surface area contributed by atoms with Crippen LogP contribution in [0.25, 0.3) is 0 Å². The summed E-state index contributed by atoms with van der Waals surface area (Å²) in [5, 5.41) is 0. The van der Waals surface area contributed by atoms with Crippen LogP contribution in [0.15, 0.2) is 0 Å². The zero-order valence-electron chi connectivity index (χ0n) is 10.9. The number of carbonyl (C=O) groups excluding carboxylic acids is 2. The second-order valence-electron chi connectivity index (χ2n) is 4.91. The number of hydrogen-bond acceptors (Lipinski definition) is 2. The molecule has 0 saturated carbocycles. The Labute approximate surface area is 104 Å². The van der Waals surface area contributed by atoms with Gasteiger partial charge in [-0.2, -0.15) is 0 Å². The first-order valence-corrected chi connectivity index (χ1v) is 6.68. The molecule has 0 aromatic heterocycles. The summed E-state index contributed by atoms with van der Waals surface area (Å²) in [6.07, 6.45) is 5.49. The van der Waals surface area contributed by atoms with Crippen LogP contribution in [0.1, 0.15) is 52.4 Å². The topological polar surface area (TPSA) is 63.4 Å². The van der Waals surface area contributed by atoms with Gasteiger partial charge >= 0.3 is 0 Å². The third-order valence-corrected chi connectivity index (χ3v) is 3.58. The molecule has 1 aliphatic rings. The lowest BCUT2D eigenvalue weighted by atomic mass is 9.95. The number of likely N-dealkylation sites (tertiary alicyclic amines) is 1. The fourth-order valence-corrected chi connectivity index (χ4v) is 2.70. The van der Waals surface area contributed by atoms with Crippen LogP contribution in [-0.2, 0) is 9.59 Å². The van der Waals surface area contributed by atoms with Crippen LogP contribution in [0, 0.1) is 5.92 Å². The van der Waals surface area contributed by atoms with E-state index >= 15 is 0 Å². The van der Waals surface area contributed by atoms with E-state index in [1.54, 1.807) is 4.90 Å². The minimum atomic E-state index is -0.414. The molecule has 0 aliphatic carbocycles. The van der Waals surface area contributed by atoms with Gasteiger partial charge in [0.05, 0.1) is 0 Å². The normalized spacial score (nSPS) is 23.3. The smallest absolute Gasteiger partial charge is 0.240 e. The fraction of sp³-hybridized carbons (Fsp3) is 0.846. The van der Waals surface area contributed by atoms with Crippen molar-refractivity contribution in [3.63, 3.8) is 0 Å². The van der Waals surface area contributed by atoms with Crippen molar-refractivity contribution in [3.8, 4) is 0 Å². The molecule has 4 nitrogen and oxygen atoms in total. The summed E-state index contributed by atoms with van der Waals surface area (Å²) in [6.45, 7) is 4.73. The quantitative estimate of drug-likeness (QED) is 0.794. The van der Waals surface area contributed by atoms with Crippen molar-refractivity contribution >= 4 is 11.8 Å². The molecular formula is C13H24N2O2. The number of nitrogens with zero attached hydrogens (tertiary/aromatic N) is 1. The van der Waals surface area contributed by atoms with Crippen LogP contribution in [0.4, 0.5) is 0 Å². The number of hydrogen-bond donors (Lipinski definition) is 1. The van der Waals surface area contributed by atoms with E-state index in [-0.39, 0.29) is 11.8 Å². The average molecular weight is 240 g/mol. The first-order chi connectivity index (χ1) is 8.10. The molecule has 1 aliphatic heterocycles. The van der Waals surface area contributed by atoms with Gasteiger partial charge < -0.3 is 10.6 Å². The molecule has 0 aromatic carbocycles. The van der Waals surface area contributed by atoms with Crippen molar-refractivity contribution in [3.05, 3.63) is 0 Å². The van der Waals surface area contributed by atoms with Gasteiger partial charge in [-0.25, -0.2) is 0 Å². The summed E-state index contributed by atoms with van der Waals surface area (Å²) in [6, 6.07) is -0.414. The van der Waals surface area contributed by atoms with Gasteiger partial charge in [0.1, 0.15) is 6.04 Å². The predicted molar refractivity (Wildman–Crippen MR) is 67.2 cm³/mol. The van der Waals surface area contributed by atoms with Gasteiger partial charge in [0.15, 0.2) is 0 Å². The van der Waals surface area contributed by atoms with Gasteiger partial charge in [0.25, 0.3) is 0 Å². The SMILES string of the molecule is CCCC1CCCN(C(CC)C(N)=O)C(=O)C1. The maximum atomic E-state index is 12.1. The summed E-state index contributed by atoms with van der Waals surface area (Å²) in [5.41, 5.74) is 5.35. The molecule has 2 amide bonds. The van der Waals surface area contributed by atoms with Crippen molar-refractivity contribution in [1.29, 1.82) is 0 Å². The maximum Gasteiger partial charge on any atom is 0.240 e. The highest BCUT2D eigenvalue weighted by atomic mass is 16.2.